The summed E-state index contributed by atoms with van der Waals surface area (Å²) in [5, 5.41) is 0. The molecule has 3 nitrogen and oxygen atoms in total. The lowest BCUT2D eigenvalue weighted by Crippen LogP contribution is -1.98. The van der Waals surface area contributed by atoms with Gasteiger partial charge >= 0.3 is 0 Å². The molecule has 0 aromatic carbocycles. The minimum atomic E-state index is -3.93. The number of nitrogens with zero attached hydrogens (tertiary/aromatic N) is 1. The maximum atomic E-state index is 12.6. The van der Waals surface area contributed by atoms with Crippen LogP contribution in [0.2, 0.25) is 0 Å². The Labute approximate surface area is 73.8 Å². The Morgan fingerprint density at radius 1 is 1.83 bits per heavy atom. The highest BCUT2D eigenvalue weighted by molar-refractivity contribution is 5.47. The topological polar surface area (TPSA) is 48.1 Å². The maximum absolute atomic E-state index is 12.6. The molecule has 66 valence electrons. The zero-order chi connectivity index (χ0) is 12.6. The molecule has 0 amide bonds. The van der Waals surface area contributed by atoms with Crippen molar-refractivity contribution in [2.24, 2.45) is 0 Å². The van der Waals surface area contributed by atoms with E-state index in [0.29, 0.717) is 0 Å². The first-order chi connectivity index (χ1) is 7.09. The van der Waals surface area contributed by atoms with Gasteiger partial charge in [0.15, 0.2) is 0 Å². The first-order valence-electron chi connectivity index (χ1n) is 4.92. The molecule has 0 radical (unpaired) electrons. The number of aromatic nitrogens is 1. The molecule has 0 fully saturated rings. The van der Waals surface area contributed by atoms with Gasteiger partial charge in [0.05, 0.1) is 23.0 Å². The highest BCUT2D eigenvalue weighted by Gasteiger charge is 2.12. The lowest BCUT2D eigenvalue weighted by molar-refractivity contribution is 0.147. The van der Waals surface area contributed by atoms with E-state index < -0.39 is 24.8 Å². The second kappa shape index (κ2) is 3.34. The van der Waals surface area contributed by atoms with E-state index in [2.05, 4.69) is 9.72 Å². The van der Waals surface area contributed by atoms with Crippen molar-refractivity contribution in [2.75, 3.05) is 12.8 Å². The Morgan fingerprint density at radius 2 is 2.58 bits per heavy atom. The van der Waals surface area contributed by atoms with E-state index in [1.54, 1.807) is 0 Å². The minimum Gasteiger partial charge on any atom is -0.495 e. The summed E-state index contributed by atoms with van der Waals surface area (Å²) in [5.41, 5.74) is 3.76. The summed E-state index contributed by atoms with van der Waals surface area (Å²) in [6.45, 7) is 0. The summed E-state index contributed by atoms with van der Waals surface area (Å²) in [6.07, 6.45) is -3.15. The molecule has 0 spiro atoms. The van der Waals surface area contributed by atoms with Crippen LogP contribution in [0.3, 0.4) is 0 Å². The summed E-state index contributed by atoms with van der Waals surface area (Å²) in [6, 6.07) is 0.886. The van der Waals surface area contributed by atoms with Crippen LogP contribution in [0.5, 0.6) is 5.75 Å². The van der Waals surface area contributed by atoms with Crippen LogP contribution in [-0.2, 0) is 0 Å². The number of pyridine rings is 1. The normalized spacial score (nSPS) is 17.2. The van der Waals surface area contributed by atoms with E-state index in [0.717, 1.165) is 12.3 Å². The van der Waals surface area contributed by atoms with Gasteiger partial charge in [0.2, 0.25) is 0 Å². The standard InChI is InChI=1S/C7H8F2N2O/c1-12-4-2-5(10)6(7(8)9)11-3-4/h2-3,7H,10H2,1H3/i1D3,7D. The average Bonchev–Trinajstić information content (AvgIpc) is 1.97. The van der Waals surface area contributed by atoms with Crippen LogP contribution >= 0.6 is 0 Å². The molecule has 1 rings (SSSR count). The number of halogens is 2. The van der Waals surface area contributed by atoms with E-state index in [4.69, 9.17) is 11.2 Å². The lowest BCUT2D eigenvalue weighted by Gasteiger charge is -2.04. The van der Waals surface area contributed by atoms with E-state index in [-0.39, 0.29) is 5.75 Å². The van der Waals surface area contributed by atoms with Gasteiger partial charge in [-0.1, -0.05) is 0 Å². The molecule has 0 atom stereocenters. The smallest absolute Gasteiger partial charge is 0.282 e. The third-order valence-corrected chi connectivity index (χ3v) is 1.19. The van der Waals surface area contributed by atoms with Crippen LogP contribution in [0.25, 0.3) is 0 Å². The third kappa shape index (κ3) is 1.61. The summed E-state index contributed by atoms with van der Waals surface area (Å²) >= 11 is 0. The molecule has 0 bridgehead atoms. The van der Waals surface area contributed by atoms with E-state index in [1.165, 1.54) is 0 Å². The fourth-order valence-corrected chi connectivity index (χ4v) is 0.675. The molecule has 0 aliphatic heterocycles. The van der Waals surface area contributed by atoms with Crippen molar-refractivity contribution in [2.45, 2.75) is 6.40 Å². The van der Waals surface area contributed by atoms with Crippen LogP contribution in [0, 0.1) is 0 Å². The number of rotatable bonds is 2. The number of nitrogen functional groups attached to an aromatic ring is 1. The van der Waals surface area contributed by atoms with E-state index in [1.807, 2.05) is 0 Å². The van der Waals surface area contributed by atoms with E-state index >= 15 is 0 Å². The molecule has 0 saturated heterocycles. The van der Waals surface area contributed by atoms with Crippen molar-refractivity contribution < 1.29 is 19.0 Å². The second-order valence-electron chi connectivity index (χ2n) is 1.97. The zero-order valence-corrected chi connectivity index (χ0v) is 5.84. The van der Waals surface area contributed by atoms with Crippen molar-refractivity contribution >= 4 is 5.69 Å². The fourth-order valence-electron chi connectivity index (χ4n) is 0.675. The van der Waals surface area contributed by atoms with Crippen molar-refractivity contribution in [3.8, 4) is 5.75 Å². The number of anilines is 1. The van der Waals surface area contributed by atoms with Crippen molar-refractivity contribution in [3.05, 3.63) is 18.0 Å². The number of ether oxygens (including phenoxy) is 1. The van der Waals surface area contributed by atoms with Crippen LogP contribution in [0.1, 0.15) is 17.6 Å². The maximum Gasteiger partial charge on any atom is 0.282 e. The monoisotopic (exact) mass is 178 g/mol. The van der Waals surface area contributed by atoms with Crippen molar-refractivity contribution in [3.63, 3.8) is 0 Å². The molecule has 1 heterocycles. The molecular weight excluding hydrogens is 166 g/mol. The van der Waals surface area contributed by atoms with Gasteiger partial charge in [0.25, 0.3) is 6.40 Å². The first-order valence-corrected chi connectivity index (χ1v) is 2.92. The number of alkyl halides is 2. The summed E-state index contributed by atoms with van der Waals surface area (Å²) in [7, 11) is -2.71. The summed E-state index contributed by atoms with van der Waals surface area (Å²) in [4.78, 5) is 3.20. The van der Waals surface area contributed by atoms with Gasteiger partial charge < -0.3 is 10.5 Å². The largest absolute Gasteiger partial charge is 0.495 e. The highest BCUT2D eigenvalue weighted by Crippen LogP contribution is 2.25. The van der Waals surface area contributed by atoms with Crippen LogP contribution in [0.4, 0.5) is 14.5 Å². The molecule has 2 N–H and O–H groups in total. The van der Waals surface area contributed by atoms with Crippen molar-refractivity contribution in [1.82, 2.24) is 4.98 Å². The van der Waals surface area contributed by atoms with Crippen LogP contribution in [0.15, 0.2) is 12.3 Å². The van der Waals surface area contributed by atoms with Gasteiger partial charge in [-0.2, -0.15) is 0 Å². The first kappa shape index (κ1) is 4.59. The Morgan fingerprint density at radius 3 is 3.08 bits per heavy atom. The number of nitrogens with two attached hydrogens (primary N) is 1. The third-order valence-electron chi connectivity index (χ3n) is 1.19. The molecular formula is C7H8F2N2O. The predicted octanol–water partition coefficient (Wildman–Crippen LogP) is 1.61. The zero-order valence-electron chi connectivity index (χ0n) is 9.84. The van der Waals surface area contributed by atoms with E-state index in [9.17, 15) is 8.78 Å². The Kier molecular flexibility index (Phi) is 1.28. The Balaban J connectivity index is 3.01. The van der Waals surface area contributed by atoms with Gasteiger partial charge in [0, 0.05) is 6.07 Å². The fraction of sp³-hybridized carbons (Fsp3) is 0.286. The molecule has 5 heteroatoms. The molecule has 1 aromatic heterocycles. The van der Waals surface area contributed by atoms with Gasteiger partial charge in [0.1, 0.15) is 12.8 Å². The SMILES string of the molecule is [2H]C([2H])([2H])Oc1cnc(C([2H])(F)F)c(N)c1. The van der Waals surface area contributed by atoms with Crippen LogP contribution < -0.4 is 10.5 Å². The van der Waals surface area contributed by atoms with Gasteiger partial charge in [-0.25, -0.2) is 13.8 Å². The average molecular weight is 178 g/mol. The predicted molar refractivity (Wildman–Crippen MR) is 40.2 cm³/mol. The van der Waals surface area contributed by atoms with Gasteiger partial charge in [-0.05, 0) is 0 Å². The molecule has 0 saturated carbocycles. The van der Waals surface area contributed by atoms with Gasteiger partial charge in [-0.3, -0.25) is 0 Å². The molecule has 0 aliphatic rings. The number of hydrogen-bond acceptors (Lipinski definition) is 3. The Bertz CT molecular complexity index is 391. The molecule has 0 unspecified atom stereocenters. The Hall–Kier alpha value is -1.39. The quantitative estimate of drug-likeness (QED) is 0.748. The van der Waals surface area contributed by atoms with Crippen LogP contribution in [-0.4, -0.2) is 12.0 Å². The number of methoxy groups -OCH3 is 1. The highest BCUT2D eigenvalue weighted by atomic mass is 19.3. The minimum absolute atomic E-state index is 0.259. The molecule has 12 heavy (non-hydrogen) atoms. The van der Waals surface area contributed by atoms with Crippen molar-refractivity contribution in [1.29, 1.82) is 0 Å². The second-order valence-corrected chi connectivity index (χ2v) is 1.97. The van der Waals surface area contributed by atoms with Gasteiger partial charge in [-0.15, -0.1) is 0 Å². The lowest BCUT2D eigenvalue weighted by atomic mass is 10.3. The summed E-state index contributed by atoms with van der Waals surface area (Å²) < 4.78 is 56.3. The molecule has 0 aliphatic carbocycles. The number of hydrogen-bond donors (Lipinski definition) is 1. The molecule has 1 aromatic rings. The summed E-state index contributed by atoms with van der Waals surface area (Å²) in [5.74, 6) is -0.259.